The maximum Gasteiger partial charge on any atom is 0.221 e. The summed E-state index contributed by atoms with van der Waals surface area (Å²) in [6, 6.07) is 0. The van der Waals surface area contributed by atoms with Crippen molar-refractivity contribution in [2.75, 3.05) is 6.61 Å². The first-order chi connectivity index (χ1) is 11.0. The molecule has 1 rings (SSSR count). The van der Waals surface area contributed by atoms with Gasteiger partial charge in [-0.15, -0.1) is 0 Å². The molecule has 23 heavy (non-hydrogen) atoms. The Morgan fingerprint density at radius 1 is 1.22 bits per heavy atom. The number of hydrogen-bond acceptors (Lipinski definition) is 3. The molecule has 0 aromatic rings. The van der Waals surface area contributed by atoms with Crippen molar-refractivity contribution in [1.29, 1.82) is 0 Å². The molecule has 128 valence electrons. The molecule has 0 bridgehead atoms. The Morgan fingerprint density at radius 2 is 1.78 bits per heavy atom. The standard InChI is InChI=1S/C15H19NO3.C4H10/c1-4-13(5-2)15(16-11(3)18)14(8-17)10-19-9-12-6-7-12;1-3-4-2/h4-5,8,10,12H,1-2,6-7,9H2,3H3,(H,16,18);3-4H2,1-2H3/b14-10+;. The van der Waals surface area contributed by atoms with Gasteiger partial charge in [-0.1, -0.05) is 52.0 Å². The van der Waals surface area contributed by atoms with Gasteiger partial charge in [-0.2, -0.15) is 0 Å². The van der Waals surface area contributed by atoms with E-state index in [9.17, 15) is 9.59 Å². The first-order valence-electron chi connectivity index (χ1n) is 8.07. The SMILES string of the molecule is C=CC(C=C)=C(NC(C)=O)/C(C=O)=C/OCC1CC1.CCCC. The van der Waals surface area contributed by atoms with Crippen LogP contribution in [-0.2, 0) is 14.3 Å². The quantitative estimate of drug-likeness (QED) is 0.302. The van der Waals surface area contributed by atoms with Gasteiger partial charge in [0.15, 0.2) is 6.29 Å². The van der Waals surface area contributed by atoms with Gasteiger partial charge in [0, 0.05) is 6.92 Å². The van der Waals surface area contributed by atoms with Gasteiger partial charge in [-0.05, 0) is 24.3 Å². The number of nitrogens with one attached hydrogen (secondary N) is 1. The van der Waals surface area contributed by atoms with E-state index >= 15 is 0 Å². The minimum absolute atomic E-state index is 0.269. The molecule has 1 N–H and O–H groups in total. The van der Waals surface area contributed by atoms with Crippen LogP contribution in [0.3, 0.4) is 0 Å². The molecule has 1 fully saturated rings. The van der Waals surface area contributed by atoms with Crippen molar-refractivity contribution in [1.82, 2.24) is 5.32 Å². The molecule has 0 aromatic carbocycles. The summed E-state index contributed by atoms with van der Waals surface area (Å²) in [7, 11) is 0. The molecule has 1 saturated carbocycles. The van der Waals surface area contributed by atoms with E-state index in [1.54, 1.807) is 0 Å². The molecule has 0 radical (unpaired) electrons. The molecular formula is C19H29NO3. The Morgan fingerprint density at radius 3 is 2.13 bits per heavy atom. The summed E-state index contributed by atoms with van der Waals surface area (Å²) < 4.78 is 5.36. The molecule has 4 nitrogen and oxygen atoms in total. The van der Waals surface area contributed by atoms with Crippen LogP contribution in [0.1, 0.15) is 46.5 Å². The van der Waals surface area contributed by atoms with Gasteiger partial charge in [-0.25, -0.2) is 0 Å². The molecule has 1 aliphatic carbocycles. The molecule has 0 spiro atoms. The van der Waals surface area contributed by atoms with E-state index in [0.29, 0.717) is 30.1 Å². The van der Waals surface area contributed by atoms with Crippen molar-refractivity contribution in [2.24, 2.45) is 5.92 Å². The van der Waals surface area contributed by atoms with Crippen LogP contribution in [0.2, 0.25) is 0 Å². The summed E-state index contributed by atoms with van der Waals surface area (Å²) in [4.78, 5) is 22.4. The summed E-state index contributed by atoms with van der Waals surface area (Å²) in [6.45, 7) is 13.6. The highest BCUT2D eigenvalue weighted by Crippen LogP contribution is 2.29. The van der Waals surface area contributed by atoms with Crippen molar-refractivity contribution >= 4 is 12.2 Å². The monoisotopic (exact) mass is 319 g/mol. The third-order valence-electron chi connectivity index (χ3n) is 3.18. The minimum atomic E-state index is -0.272. The minimum Gasteiger partial charge on any atom is -0.500 e. The molecule has 0 heterocycles. The second-order valence-electron chi connectivity index (χ2n) is 5.39. The van der Waals surface area contributed by atoms with Crippen molar-refractivity contribution in [2.45, 2.75) is 46.5 Å². The van der Waals surface area contributed by atoms with Gasteiger partial charge in [0.1, 0.15) is 0 Å². The van der Waals surface area contributed by atoms with E-state index in [-0.39, 0.29) is 11.5 Å². The number of rotatable bonds is 9. The predicted molar refractivity (Wildman–Crippen MR) is 94.6 cm³/mol. The number of hydrogen-bond donors (Lipinski definition) is 1. The zero-order valence-corrected chi connectivity index (χ0v) is 14.6. The molecule has 0 atom stereocenters. The third kappa shape index (κ3) is 9.51. The Kier molecular flexibility index (Phi) is 11.3. The van der Waals surface area contributed by atoms with Crippen LogP contribution in [0.25, 0.3) is 0 Å². The fourth-order valence-electron chi connectivity index (χ4n) is 1.48. The fourth-order valence-corrected chi connectivity index (χ4v) is 1.48. The Balaban J connectivity index is 0.00000108. The summed E-state index contributed by atoms with van der Waals surface area (Å²) in [5, 5.41) is 2.61. The smallest absolute Gasteiger partial charge is 0.221 e. The van der Waals surface area contributed by atoms with Crippen LogP contribution in [0.5, 0.6) is 0 Å². The zero-order chi connectivity index (χ0) is 17.7. The fraction of sp³-hybridized carbons (Fsp3) is 0.474. The number of amides is 1. The summed E-state index contributed by atoms with van der Waals surface area (Å²) in [5.74, 6) is 0.321. The van der Waals surface area contributed by atoms with Gasteiger partial charge in [0.2, 0.25) is 5.91 Å². The number of carbonyl (C=O) groups is 2. The van der Waals surface area contributed by atoms with Crippen LogP contribution >= 0.6 is 0 Å². The van der Waals surface area contributed by atoms with Gasteiger partial charge in [0.25, 0.3) is 0 Å². The highest BCUT2D eigenvalue weighted by molar-refractivity contribution is 5.85. The number of ether oxygens (including phenoxy) is 1. The Labute approximate surface area is 140 Å². The topological polar surface area (TPSA) is 55.4 Å². The number of unbranched alkanes of at least 4 members (excludes halogenated alkanes) is 1. The lowest BCUT2D eigenvalue weighted by Crippen LogP contribution is -2.22. The Bertz CT molecular complexity index is 459. The van der Waals surface area contributed by atoms with E-state index in [1.807, 2.05) is 0 Å². The van der Waals surface area contributed by atoms with Crippen LogP contribution in [-0.4, -0.2) is 18.8 Å². The van der Waals surface area contributed by atoms with Gasteiger partial charge in [0.05, 0.1) is 24.1 Å². The molecular weight excluding hydrogens is 290 g/mol. The van der Waals surface area contributed by atoms with Crippen LogP contribution in [0.4, 0.5) is 0 Å². The lowest BCUT2D eigenvalue weighted by molar-refractivity contribution is -0.118. The van der Waals surface area contributed by atoms with Crippen molar-refractivity contribution < 1.29 is 14.3 Å². The lowest BCUT2D eigenvalue weighted by Gasteiger charge is -2.11. The average Bonchev–Trinajstić information content (AvgIpc) is 3.36. The average molecular weight is 319 g/mol. The van der Waals surface area contributed by atoms with E-state index in [2.05, 4.69) is 32.3 Å². The van der Waals surface area contributed by atoms with Crippen LogP contribution in [0.15, 0.2) is 48.4 Å². The first-order valence-corrected chi connectivity index (χ1v) is 8.07. The molecule has 0 unspecified atom stereocenters. The largest absolute Gasteiger partial charge is 0.500 e. The molecule has 0 aliphatic heterocycles. The second kappa shape index (κ2) is 12.4. The van der Waals surface area contributed by atoms with E-state index < -0.39 is 0 Å². The lowest BCUT2D eigenvalue weighted by atomic mass is 10.1. The Hall–Kier alpha value is -2.10. The number of aldehydes is 1. The highest BCUT2D eigenvalue weighted by atomic mass is 16.5. The number of allylic oxidation sites excluding steroid dienone is 4. The first kappa shape index (κ1) is 20.9. The molecule has 0 saturated heterocycles. The van der Waals surface area contributed by atoms with Gasteiger partial charge < -0.3 is 10.1 Å². The van der Waals surface area contributed by atoms with E-state index in [1.165, 1.54) is 51.0 Å². The molecule has 1 amide bonds. The van der Waals surface area contributed by atoms with E-state index in [0.717, 1.165) is 0 Å². The van der Waals surface area contributed by atoms with Crippen LogP contribution < -0.4 is 5.32 Å². The molecule has 1 aliphatic rings. The van der Waals surface area contributed by atoms with Crippen molar-refractivity contribution in [3.8, 4) is 0 Å². The second-order valence-corrected chi connectivity index (χ2v) is 5.39. The molecule has 0 aromatic heterocycles. The van der Waals surface area contributed by atoms with E-state index in [4.69, 9.17) is 4.74 Å². The normalized spacial score (nSPS) is 13.1. The summed E-state index contributed by atoms with van der Waals surface area (Å²) in [6.07, 6.45) is 10.0. The van der Waals surface area contributed by atoms with Crippen molar-refractivity contribution in [3.05, 3.63) is 48.4 Å². The summed E-state index contributed by atoms with van der Waals surface area (Å²) >= 11 is 0. The summed E-state index contributed by atoms with van der Waals surface area (Å²) in [5.41, 5.74) is 1.21. The van der Waals surface area contributed by atoms with Crippen LogP contribution in [0, 0.1) is 5.92 Å². The maximum atomic E-state index is 11.2. The van der Waals surface area contributed by atoms with Gasteiger partial charge in [-0.3, -0.25) is 9.59 Å². The van der Waals surface area contributed by atoms with Crippen molar-refractivity contribution in [3.63, 3.8) is 0 Å². The highest BCUT2D eigenvalue weighted by Gasteiger charge is 2.21. The van der Waals surface area contributed by atoms with Gasteiger partial charge >= 0.3 is 0 Å². The maximum absolute atomic E-state index is 11.2. The predicted octanol–water partition coefficient (Wildman–Crippen LogP) is 4.06. The molecule has 4 heteroatoms. The third-order valence-corrected chi connectivity index (χ3v) is 3.18. The number of carbonyl (C=O) groups excluding carboxylic acids is 2. The zero-order valence-electron chi connectivity index (χ0n) is 14.6.